The van der Waals surface area contributed by atoms with Gasteiger partial charge in [-0.05, 0) is 18.2 Å². The van der Waals surface area contributed by atoms with Crippen molar-refractivity contribution in [3.8, 4) is 0 Å². The number of benzene rings is 1. The van der Waals surface area contributed by atoms with Gasteiger partial charge in [0.15, 0.2) is 5.78 Å². The van der Waals surface area contributed by atoms with Crippen LogP contribution in [-0.4, -0.2) is 22.9 Å². The van der Waals surface area contributed by atoms with Crippen LogP contribution in [0, 0.1) is 5.82 Å². The number of carbonyl (C=O) groups is 1. The molecule has 2 N–H and O–H groups in total. The Morgan fingerprint density at radius 1 is 1.50 bits per heavy atom. The number of ketones is 1. The Bertz CT molecular complexity index is 352. The Balaban J connectivity index is 3.13. The average Bonchev–Trinajstić information content (AvgIpc) is 2.17. The molecule has 0 radical (unpaired) electrons. The molecule has 0 saturated carbocycles. The molecule has 0 aliphatic heterocycles. The van der Waals surface area contributed by atoms with E-state index >= 15 is 0 Å². The van der Waals surface area contributed by atoms with Gasteiger partial charge < -0.3 is 10.0 Å². The molecule has 0 amide bonds. The first-order valence-electron chi connectivity index (χ1n) is 4.25. The van der Waals surface area contributed by atoms with Gasteiger partial charge in [-0.15, -0.1) is 0 Å². The first kappa shape index (κ1) is 10.9. The molecule has 0 saturated heterocycles. The summed E-state index contributed by atoms with van der Waals surface area (Å²) >= 11 is 0. The van der Waals surface area contributed by atoms with Crippen molar-refractivity contribution < 1.29 is 19.2 Å². The second kappa shape index (κ2) is 4.35. The molecule has 0 aliphatic rings. The maximum Gasteiger partial charge on any atom is 0.491 e. The Kier molecular flexibility index (Phi) is 3.38. The maximum absolute atomic E-state index is 13.0. The molecule has 0 fully saturated rings. The molecule has 0 heterocycles. The number of hydrogen-bond donors (Lipinski definition) is 2. The van der Waals surface area contributed by atoms with Gasteiger partial charge in [0.25, 0.3) is 0 Å². The highest BCUT2D eigenvalue weighted by Crippen LogP contribution is 2.04. The van der Waals surface area contributed by atoms with Gasteiger partial charge in [-0.25, -0.2) is 4.39 Å². The highest BCUT2D eigenvalue weighted by Gasteiger charge is 2.18. The summed E-state index contributed by atoms with van der Waals surface area (Å²) in [5.74, 6) is -0.889. The molecular formula is C9H10BFO3. The van der Waals surface area contributed by atoms with E-state index in [0.717, 1.165) is 12.1 Å². The summed E-state index contributed by atoms with van der Waals surface area (Å²) in [6, 6.07) is 3.54. The van der Waals surface area contributed by atoms with E-state index in [1.807, 2.05) is 0 Å². The zero-order valence-electron chi connectivity index (χ0n) is 7.70. The first-order chi connectivity index (χ1) is 6.56. The smallest absolute Gasteiger partial charge is 0.423 e. The minimum atomic E-state index is -1.89. The van der Waals surface area contributed by atoms with Crippen LogP contribution in [0.5, 0.6) is 0 Å². The highest BCUT2D eigenvalue weighted by molar-refractivity contribution is 6.58. The van der Waals surface area contributed by atoms with Gasteiger partial charge in [-0.3, -0.25) is 4.79 Å². The number of carbonyl (C=O) groups excluding carboxylic acids is 1. The van der Waals surface area contributed by atoms with Crippen LogP contribution in [0.4, 0.5) is 4.39 Å². The van der Waals surface area contributed by atoms with E-state index < -0.39 is 12.9 Å². The minimum absolute atomic E-state index is 0.160. The third-order valence-corrected chi connectivity index (χ3v) is 1.92. The van der Waals surface area contributed by atoms with Gasteiger partial charge in [0.05, 0.1) is 0 Å². The van der Waals surface area contributed by atoms with Crippen LogP contribution < -0.4 is 5.46 Å². The molecule has 74 valence electrons. The summed E-state index contributed by atoms with van der Waals surface area (Å²) in [7, 11) is -1.89. The van der Waals surface area contributed by atoms with E-state index in [0.29, 0.717) is 6.42 Å². The lowest BCUT2D eigenvalue weighted by Crippen LogP contribution is -2.33. The van der Waals surface area contributed by atoms with Crippen molar-refractivity contribution in [1.82, 2.24) is 0 Å². The van der Waals surface area contributed by atoms with E-state index in [1.54, 1.807) is 6.92 Å². The van der Waals surface area contributed by atoms with Crippen LogP contribution in [0.2, 0.25) is 0 Å². The molecule has 0 bridgehead atoms. The molecule has 0 atom stereocenters. The van der Waals surface area contributed by atoms with E-state index in [1.165, 1.54) is 6.07 Å². The fourth-order valence-corrected chi connectivity index (χ4v) is 1.12. The Morgan fingerprint density at radius 2 is 2.14 bits per heavy atom. The van der Waals surface area contributed by atoms with Crippen LogP contribution in [-0.2, 0) is 0 Å². The van der Waals surface area contributed by atoms with Crippen molar-refractivity contribution in [1.29, 1.82) is 0 Å². The molecule has 0 spiro atoms. The molecule has 1 aromatic rings. The standard InChI is InChI=1S/C9H10BFO3/c1-2-9(12)6-3-4-8(11)7(5-6)10(13)14/h3-5,13-14H,2H2,1H3. The van der Waals surface area contributed by atoms with Gasteiger partial charge in [0, 0.05) is 17.4 Å². The molecule has 0 unspecified atom stereocenters. The molecule has 3 nitrogen and oxygen atoms in total. The fraction of sp³-hybridized carbons (Fsp3) is 0.222. The van der Waals surface area contributed by atoms with Gasteiger partial charge in [-0.1, -0.05) is 6.92 Å². The number of halogens is 1. The molecule has 1 rings (SSSR count). The zero-order chi connectivity index (χ0) is 10.7. The topological polar surface area (TPSA) is 57.5 Å². The van der Waals surface area contributed by atoms with Crippen molar-refractivity contribution in [2.24, 2.45) is 0 Å². The summed E-state index contributed by atoms with van der Waals surface area (Å²) in [6.07, 6.45) is 0.298. The van der Waals surface area contributed by atoms with Gasteiger partial charge in [0.2, 0.25) is 0 Å². The summed E-state index contributed by atoms with van der Waals surface area (Å²) in [4.78, 5) is 11.2. The highest BCUT2D eigenvalue weighted by atomic mass is 19.1. The number of Topliss-reactive ketones (excluding diaryl/α,β-unsaturated/α-hetero) is 1. The predicted octanol–water partition coefficient (Wildman–Crippen LogP) is 0.0982. The third-order valence-electron chi connectivity index (χ3n) is 1.92. The Morgan fingerprint density at radius 3 is 2.64 bits per heavy atom. The normalized spacial score (nSPS) is 10.0. The average molecular weight is 196 g/mol. The summed E-state index contributed by atoms with van der Waals surface area (Å²) in [5.41, 5.74) is 0.0151. The van der Waals surface area contributed by atoms with E-state index in [4.69, 9.17) is 10.0 Å². The van der Waals surface area contributed by atoms with Crippen molar-refractivity contribution in [2.45, 2.75) is 13.3 Å². The van der Waals surface area contributed by atoms with Crippen LogP contribution in [0.1, 0.15) is 23.7 Å². The molecule has 5 heteroatoms. The van der Waals surface area contributed by atoms with Crippen LogP contribution >= 0.6 is 0 Å². The van der Waals surface area contributed by atoms with E-state index in [-0.39, 0.29) is 16.8 Å². The Hall–Kier alpha value is -1.20. The molecule has 1 aromatic carbocycles. The molecule has 14 heavy (non-hydrogen) atoms. The Labute approximate surface area is 81.3 Å². The van der Waals surface area contributed by atoms with Crippen molar-refractivity contribution in [2.75, 3.05) is 0 Å². The lowest BCUT2D eigenvalue weighted by molar-refractivity contribution is 0.0988. The largest absolute Gasteiger partial charge is 0.491 e. The molecular weight excluding hydrogens is 186 g/mol. The lowest BCUT2D eigenvalue weighted by atomic mass is 9.78. The summed E-state index contributed by atoms with van der Waals surface area (Å²) in [5, 5.41) is 17.6. The van der Waals surface area contributed by atoms with Crippen LogP contribution in [0.3, 0.4) is 0 Å². The first-order valence-corrected chi connectivity index (χ1v) is 4.25. The van der Waals surface area contributed by atoms with Crippen molar-refractivity contribution >= 4 is 18.4 Å². The second-order valence-corrected chi connectivity index (χ2v) is 2.89. The van der Waals surface area contributed by atoms with E-state index in [9.17, 15) is 9.18 Å². The van der Waals surface area contributed by atoms with Crippen molar-refractivity contribution in [3.63, 3.8) is 0 Å². The maximum atomic E-state index is 13.0. The number of rotatable bonds is 3. The SMILES string of the molecule is CCC(=O)c1ccc(F)c(B(O)O)c1. The van der Waals surface area contributed by atoms with Crippen LogP contribution in [0.25, 0.3) is 0 Å². The predicted molar refractivity (Wildman–Crippen MR) is 50.8 cm³/mol. The zero-order valence-corrected chi connectivity index (χ0v) is 7.70. The van der Waals surface area contributed by atoms with Crippen molar-refractivity contribution in [3.05, 3.63) is 29.6 Å². The van der Waals surface area contributed by atoms with E-state index in [2.05, 4.69) is 0 Å². The summed E-state index contributed by atoms with van der Waals surface area (Å²) < 4.78 is 13.0. The third kappa shape index (κ3) is 2.18. The lowest BCUT2D eigenvalue weighted by Gasteiger charge is -2.04. The molecule has 0 aromatic heterocycles. The number of hydrogen-bond acceptors (Lipinski definition) is 3. The quantitative estimate of drug-likeness (QED) is 0.532. The van der Waals surface area contributed by atoms with Crippen LogP contribution in [0.15, 0.2) is 18.2 Å². The monoisotopic (exact) mass is 196 g/mol. The fourth-order valence-electron chi connectivity index (χ4n) is 1.12. The minimum Gasteiger partial charge on any atom is -0.423 e. The molecule has 0 aliphatic carbocycles. The van der Waals surface area contributed by atoms with Gasteiger partial charge in [-0.2, -0.15) is 0 Å². The van der Waals surface area contributed by atoms with Gasteiger partial charge in [0.1, 0.15) is 5.82 Å². The van der Waals surface area contributed by atoms with Gasteiger partial charge >= 0.3 is 7.12 Å². The second-order valence-electron chi connectivity index (χ2n) is 2.89. The summed E-state index contributed by atoms with van der Waals surface area (Å²) in [6.45, 7) is 1.68.